The number of halogens is 1. The zero-order valence-corrected chi connectivity index (χ0v) is 16.5. The number of hydrogen-bond donors (Lipinski definition) is 2. The molecule has 9 heteroatoms. The minimum Gasteiger partial charge on any atom is -0.353 e. The topological polar surface area (TPSA) is 92.5 Å². The van der Waals surface area contributed by atoms with Crippen LogP contribution >= 0.6 is 23.7 Å². The maximum atomic E-state index is 12.7. The number of nitrogens with one attached hydrogen (secondary N) is 1. The summed E-state index contributed by atoms with van der Waals surface area (Å²) in [5.74, 6) is -0.288. The van der Waals surface area contributed by atoms with Crippen molar-refractivity contribution >= 4 is 39.7 Å². The quantitative estimate of drug-likeness (QED) is 0.755. The molecule has 1 aliphatic heterocycles. The van der Waals surface area contributed by atoms with Crippen LogP contribution in [0.4, 0.5) is 0 Å². The smallest absolute Gasteiger partial charge is 0.253 e. The second kappa shape index (κ2) is 8.96. The van der Waals surface area contributed by atoms with Gasteiger partial charge >= 0.3 is 0 Å². The van der Waals surface area contributed by atoms with Gasteiger partial charge in [0.25, 0.3) is 10.0 Å². The second-order valence-corrected chi connectivity index (χ2v) is 9.03. The van der Waals surface area contributed by atoms with Gasteiger partial charge in [-0.15, -0.1) is 23.7 Å². The molecule has 2 heterocycles. The SMILES string of the molecule is Cl.NC(CNC(=O)C1CCCN1S(=O)(=O)c1cccs1)c1ccccc1. The van der Waals surface area contributed by atoms with Crippen molar-refractivity contribution in [3.05, 3.63) is 53.4 Å². The van der Waals surface area contributed by atoms with Crippen LogP contribution in [0.1, 0.15) is 24.4 Å². The summed E-state index contributed by atoms with van der Waals surface area (Å²) in [6.07, 6.45) is 1.20. The van der Waals surface area contributed by atoms with E-state index in [1.807, 2.05) is 30.3 Å². The largest absolute Gasteiger partial charge is 0.353 e. The van der Waals surface area contributed by atoms with Crippen LogP contribution in [0, 0.1) is 0 Å². The van der Waals surface area contributed by atoms with Gasteiger partial charge in [0.05, 0.1) is 0 Å². The first-order chi connectivity index (χ1) is 12.0. The fourth-order valence-electron chi connectivity index (χ4n) is 2.96. The lowest BCUT2D eigenvalue weighted by atomic mass is 10.1. The van der Waals surface area contributed by atoms with Gasteiger partial charge < -0.3 is 11.1 Å². The third-order valence-corrected chi connectivity index (χ3v) is 7.57. The lowest BCUT2D eigenvalue weighted by Crippen LogP contribution is -2.47. The van der Waals surface area contributed by atoms with Crippen LogP contribution in [0.3, 0.4) is 0 Å². The van der Waals surface area contributed by atoms with E-state index in [1.54, 1.807) is 17.5 Å². The first-order valence-electron chi connectivity index (χ1n) is 8.14. The fourth-order valence-corrected chi connectivity index (χ4v) is 5.74. The summed E-state index contributed by atoms with van der Waals surface area (Å²) in [5.41, 5.74) is 7.02. The molecule has 3 rings (SSSR count). The minimum absolute atomic E-state index is 0. The Morgan fingerprint density at radius 1 is 1.27 bits per heavy atom. The first kappa shape index (κ1) is 20.9. The molecule has 0 aliphatic carbocycles. The van der Waals surface area contributed by atoms with E-state index in [1.165, 1.54) is 4.31 Å². The summed E-state index contributed by atoms with van der Waals surface area (Å²) in [6.45, 7) is 0.634. The summed E-state index contributed by atoms with van der Waals surface area (Å²) in [4.78, 5) is 12.5. The number of sulfonamides is 1. The van der Waals surface area contributed by atoms with E-state index in [4.69, 9.17) is 5.73 Å². The first-order valence-corrected chi connectivity index (χ1v) is 10.5. The van der Waals surface area contributed by atoms with E-state index < -0.39 is 16.1 Å². The number of rotatable bonds is 6. The van der Waals surface area contributed by atoms with Gasteiger partial charge in [-0.2, -0.15) is 4.31 Å². The Morgan fingerprint density at radius 2 is 2.00 bits per heavy atom. The van der Waals surface area contributed by atoms with Gasteiger partial charge in [-0.1, -0.05) is 36.4 Å². The second-order valence-electron chi connectivity index (χ2n) is 5.97. The molecule has 0 radical (unpaired) electrons. The Balaban J connectivity index is 0.00000243. The molecule has 0 saturated carbocycles. The van der Waals surface area contributed by atoms with Crippen molar-refractivity contribution in [2.75, 3.05) is 13.1 Å². The van der Waals surface area contributed by atoms with E-state index in [0.717, 1.165) is 16.9 Å². The molecule has 1 aliphatic rings. The van der Waals surface area contributed by atoms with Crippen LogP contribution in [-0.2, 0) is 14.8 Å². The Bertz CT molecular complexity index is 813. The molecule has 2 atom stereocenters. The normalized spacial score (nSPS) is 18.9. The van der Waals surface area contributed by atoms with E-state index >= 15 is 0 Å². The van der Waals surface area contributed by atoms with Crippen LogP contribution in [0.2, 0.25) is 0 Å². The molecular weight excluding hydrogens is 394 g/mol. The molecular formula is C17H22ClN3O3S2. The number of hydrogen-bond acceptors (Lipinski definition) is 5. The maximum absolute atomic E-state index is 12.7. The highest BCUT2D eigenvalue weighted by atomic mass is 35.5. The molecule has 3 N–H and O–H groups in total. The van der Waals surface area contributed by atoms with Crippen molar-refractivity contribution in [2.45, 2.75) is 29.1 Å². The summed E-state index contributed by atoms with van der Waals surface area (Å²) in [6, 6.07) is 11.8. The average molecular weight is 416 g/mol. The summed E-state index contributed by atoms with van der Waals surface area (Å²) < 4.78 is 27.0. The molecule has 1 fully saturated rings. The lowest BCUT2D eigenvalue weighted by molar-refractivity contribution is -0.124. The Morgan fingerprint density at radius 3 is 2.65 bits per heavy atom. The molecule has 142 valence electrons. The van der Waals surface area contributed by atoms with Crippen LogP contribution in [-0.4, -0.2) is 37.8 Å². The Hall–Kier alpha value is -1.45. The molecule has 6 nitrogen and oxygen atoms in total. The molecule has 26 heavy (non-hydrogen) atoms. The van der Waals surface area contributed by atoms with Crippen molar-refractivity contribution in [1.82, 2.24) is 9.62 Å². The van der Waals surface area contributed by atoms with Gasteiger partial charge in [0.15, 0.2) is 0 Å². The highest BCUT2D eigenvalue weighted by Gasteiger charge is 2.39. The molecule has 0 spiro atoms. The Labute approximate surface area is 163 Å². The molecule has 2 aromatic rings. The summed E-state index contributed by atoms with van der Waals surface area (Å²) in [5, 5.41) is 4.52. The van der Waals surface area contributed by atoms with Crippen molar-refractivity contribution in [3.8, 4) is 0 Å². The summed E-state index contributed by atoms with van der Waals surface area (Å²) in [7, 11) is -3.62. The average Bonchev–Trinajstić information content (AvgIpc) is 3.31. The van der Waals surface area contributed by atoms with Gasteiger partial charge in [0.2, 0.25) is 5.91 Å². The third kappa shape index (κ3) is 4.44. The van der Waals surface area contributed by atoms with Crippen molar-refractivity contribution in [1.29, 1.82) is 0 Å². The van der Waals surface area contributed by atoms with Crippen LogP contribution < -0.4 is 11.1 Å². The van der Waals surface area contributed by atoms with Crippen LogP contribution in [0.15, 0.2) is 52.1 Å². The number of nitrogens with two attached hydrogens (primary N) is 1. The van der Waals surface area contributed by atoms with Crippen LogP contribution in [0.25, 0.3) is 0 Å². The number of amides is 1. The number of nitrogens with zero attached hydrogens (tertiary/aromatic N) is 1. The van der Waals surface area contributed by atoms with E-state index in [9.17, 15) is 13.2 Å². The van der Waals surface area contributed by atoms with Gasteiger partial charge in [-0.3, -0.25) is 4.79 Å². The predicted molar refractivity (Wildman–Crippen MR) is 105 cm³/mol. The maximum Gasteiger partial charge on any atom is 0.253 e. The van der Waals surface area contributed by atoms with E-state index in [-0.39, 0.29) is 35.1 Å². The highest BCUT2D eigenvalue weighted by molar-refractivity contribution is 7.91. The lowest BCUT2D eigenvalue weighted by Gasteiger charge is -2.23. The molecule has 2 unspecified atom stereocenters. The number of benzene rings is 1. The van der Waals surface area contributed by atoms with Gasteiger partial charge in [0.1, 0.15) is 10.3 Å². The van der Waals surface area contributed by atoms with Gasteiger partial charge in [0, 0.05) is 19.1 Å². The Kier molecular flexibility index (Phi) is 7.19. The number of carbonyl (C=O) groups is 1. The zero-order chi connectivity index (χ0) is 17.9. The van der Waals surface area contributed by atoms with Gasteiger partial charge in [-0.25, -0.2) is 8.42 Å². The highest BCUT2D eigenvalue weighted by Crippen LogP contribution is 2.28. The van der Waals surface area contributed by atoms with Crippen molar-refractivity contribution < 1.29 is 13.2 Å². The van der Waals surface area contributed by atoms with Crippen LogP contribution in [0.5, 0.6) is 0 Å². The fraction of sp³-hybridized carbons (Fsp3) is 0.353. The number of thiophene rings is 1. The number of carbonyl (C=O) groups excluding carboxylic acids is 1. The molecule has 1 saturated heterocycles. The van der Waals surface area contributed by atoms with E-state index in [0.29, 0.717) is 19.4 Å². The molecule has 1 aromatic carbocycles. The van der Waals surface area contributed by atoms with Crippen molar-refractivity contribution in [2.24, 2.45) is 5.73 Å². The predicted octanol–water partition coefficient (Wildman–Crippen LogP) is 2.14. The monoisotopic (exact) mass is 415 g/mol. The van der Waals surface area contributed by atoms with Gasteiger partial charge in [-0.05, 0) is 29.9 Å². The zero-order valence-electron chi connectivity index (χ0n) is 14.1. The molecule has 1 aromatic heterocycles. The molecule has 0 bridgehead atoms. The molecule has 1 amide bonds. The van der Waals surface area contributed by atoms with Crippen molar-refractivity contribution in [3.63, 3.8) is 0 Å². The third-order valence-electron chi connectivity index (χ3n) is 4.29. The minimum atomic E-state index is -3.62. The standard InChI is InChI=1S/C17H21N3O3S2.ClH/c18-14(13-6-2-1-3-7-13)12-19-17(21)15-8-4-10-20(15)25(22,23)16-9-5-11-24-16;/h1-3,5-7,9,11,14-15H,4,8,10,12,18H2,(H,19,21);1H. The van der Waals surface area contributed by atoms with E-state index in [2.05, 4.69) is 5.32 Å². The summed E-state index contributed by atoms with van der Waals surface area (Å²) >= 11 is 1.16.